The quantitative estimate of drug-likeness (QED) is 0.851. The zero-order chi connectivity index (χ0) is 13.2. The molecule has 18 heavy (non-hydrogen) atoms. The molecule has 0 spiro atoms. The van der Waals surface area contributed by atoms with Gasteiger partial charge in [0.2, 0.25) is 0 Å². The number of rotatable bonds is 3. The molecule has 5 nitrogen and oxygen atoms in total. The number of nitrogen functional groups attached to an aromatic ring is 1. The van der Waals surface area contributed by atoms with Crippen LogP contribution in [0.5, 0.6) is 0 Å². The molecular formula is C12H13N3O2S. The van der Waals surface area contributed by atoms with Gasteiger partial charge in [-0.05, 0) is 30.3 Å². The second-order valence-electron chi connectivity index (χ2n) is 3.73. The number of hydrogen-bond donors (Lipinski definition) is 1. The summed E-state index contributed by atoms with van der Waals surface area (Å²) < 4.78 is 25.8. The normalized spacial score (nSPS) is 11.2. The molecule has 0 saturated carbocycles. The predicted molar refractivity (Wildman–Crippen MR) is 70.7 cm³/mol. The van der Waals surface area contributed by atoms with E-state index in [1.54, 1.807) is 36.5 Å². The largest absolute Gasteiger partial charge is 0.399 e. The first-order valence-electron chi connectivity index (χ1n) is 5.27. The lowest BCUT2D eigenvalue weighted by Crippen LogP contribution is -2.27. The van der Waals surface area contributed by atoms with Gasteiger partial charge in [-0.3, -0.25) is 4.31 Å². The van der Waals surface area contributed by atoms with Gasteiger partial charge in [0.1, 0.15) is 5.82 Å². The Morgan fingerprint density at radius 1 is 1.17 bits per heavy atom. The summed E-state index contributed by atoms with van der Waals surface area (Å²) in [6.45, 7) is 0. The zero-order valence-electron chi connectivity index (χ0n) is 9.82. The Kier molecular flexibility index (Phi) is 3.20. The minimum absolute atomic E-state index is 0.149. The number of anilines is 2. The maximum Gasteiger partial charge on any atom is 0.265 e. The summed E-state index contributed by atoms with van der Waals surface area (Å²) in [6.07, 6.45) is 1.54. The Morgan fingerprint density at radius 3 is 2.56 bits per heavy atom. The molecule has 1 heterocycles. The summed E-state index contributed by atoms with van der Waals surface area (Å²) in [6, 6.07) is 11.3. The van der Waals surface area contributed by atoms with Crippen molar-refractivity contribution in [1.29, 1.82) is 0 Å². The Balaban J connectivity index is 2.44. The summed E-state index contributed by atoms with van der Waals surface area (Å²) in [5.41, 5.74) is 6.00. The number of nitrogens with two attached hydrogens (primary N) is 1. The van der Waals surface area contributed by atoms with Crippen molar-refractivity contribution in [2.45, 2.75) is 4.90 Å². The molecule has 0 radical (unpaired) electrons. The van der Waals surface area contributed by atoms with Crippen LogP contribution >= 0.6 is 0 Å². The molecule has 94 valence electrons. The van der Waals surface area contributed by atoms with Crippen LogP contribution in [0.4, 0.5) is 11.5 Å². The number of pyridine rings is 1. The smallest absolute Gasteiger partial charge is 0.265 e. The molecule has 0 amide bonds. The van der Waals surface area contributed by atoms with E-state index in [-0.39, 0.29) is 4.90 Å². The SMILES string of the molecule is CN(c1ccccn1)S(=O)(=O)c1cccc(N)c1. The maximum atomic E-state index is 12.3. The van der Waals surface area contributed by atoms with Crippen LogP contribution in [0.1, 0.15) is 0 Å². The van der Waals surface area contributed by atoms with Crippen molar-refractivity contribution in [3.05, 3.63) is 48.7 Å². The van der Waals surface area contributed by atoms with Gasteiger partial charge in [-0.1, -0.05) is 12.1 Å². The van der Waals surface area contributed by atoms with Crippen molar-refractivity contribution < 1.29 is 8.42 Å². The molecule has 6 heteroatoms. The third kappa shape index (κ3) is 2.28. The van der Waals surface area contributed by atoms with E-state index in [1.165, 1.54) is 19.2 Å². The molecule has 0 fully saturated rings. The van der Waals surface area contributed by atoms with Crippen LogP contribution < -0.4 is 10.0 Å². The van der Waals surface area contributed by atoms with Crippen molar-refractivity contribution in [1.82, 2.24) is 4.98 Å². The Morgan fingerprint density at radius 2 is 1.94 bits per heavy atom. The van der Waals surface area contributed by atoms with E-state index < -0.39 is 10.0 Å². The van der Waals surface area contributed by atoms with Crippen LogP contribution in [0.25, 0.3) is 0 Å². The molecule has 0 bridgehead atoms. The second kappa shape index (κ2) is 4.66. The molecule has 0 unspecified atom stereocenters. The van der Waals surface area contributed by atoms with Crippen molar-refractivity contribution >= 4 is 21.5 Å². The van der Waals surface area contributed by atoms with Crippen molar-refractivity contribution in [2.75, 3.05) is 17.1 Å². The highest BCUT2D eigenvalue weighted by atomic mass is 32.2. The van der Waals surface area contributed by atoms with Crippen molar-refractivity contribution in [3.63, 3.8) is 0 Å². The van der Waals surface area contributed by atoms with Crippen LogP contribution in [-0.4, -0.2) is 20.4 Å². The molecular weight excluding hydrogens is 250 g/mol. The van der Waals surface area contributed by atoms with E-state index in [0.717, 1.165) is 4.31 Å². The van der Waals surface area contributed by atoms with Gasteiger partial charge in [-0.2, -0.15) is 0 Å². The van der Waals surface area contributed by atoms with Gasteiger partial charge in [0, 0.05) is 18.9 Å². The van der Waals surface area contributed by atoms with Gasteiger partial charge in [0.05, 0.1) is 4.90 Å². The van der Waals surface area contributed by atoms with E-state index >= 15 is 0 Å². The van der Waals surface area contributed by atoms with Gasteiger partial charge in [-0.15, -0.1) is 0 Å². The summed E-state index contributed by atoms with van der Waals surface area (Å²) >= 11 is 0. The van der Waals surface area contributed by atoms with Crippen LogP contribution in [0.15, 0.2) is 53.6 Å². The average molecular weight is 263 g/mol. The first-order valence-corrected chi connectivity index (χ1v) is 6.71. The molecule has 0 saturated heterocycles. The van der Waals surface area contributed by atoms with E-state index in [9.17, 15) is 8.42 Å². The Bertz CT molecular complexity index is 641. The molecule has 2 N–H and O–H groups in total. The summed E-state index contributed by atoms with van der Waals surface area (Å²) in [7, 11) is -2.16. The highest BCUT2D eigenvalue weighted by molar-refractivity contribution is 7.92. The second-order valence-corrected chi connectivity index (χ2v) is 5.70. The molecule has 0 aliphatic rings. The van der Waals surface area contributed by atoms with Crippen molar-refractivity contribution in [3.8, 4) is 0 Å². The van der Waals surface area contributed by atoms with E-state index in [4.69, 9.17) is 5.73 Å². The molecule has 0 atom stereocenters. The van der Waals surface area contributed by atoms with Gasteiger partial charge in [-0.25, -0.2) is 13.4 Å². The van der Waals surface area contributed by atoms with E-state index in [2.05, 4.69) is 4.98 Å². The van der Waals surface area contributed by atoms with Gasteiger partial charge < -0.3 is 5.73 Å². The fraction of sp³-hybridized carbons (Fsp3) is 0.0833. The first-order chi connectivity index (χ1) is 8.51. The zero-order valence-corrected chi connectivity index (χ0v) is 10.6. The van der Waals surface area contributed by atoms with Gasteiger partial charge >= 0.3 is 0 Å². The van der Waals surface area contributed by atoms with Gasteiger partial charge in [0.25, 0.3) is 10.0 Å². The average Bonchev–Trinajstić information content (AvgIpc) is 2.39. The van der Waals surface area contributed by atoms with Crippen molar-refractivity contribution in [2.24, 2.45) is 0 Å². The summed E-state index contributed by atoms with van der Waals surface area (Å²) in [4.78, 5) is 4.16. The number of nitrogens with zero attached hydrogens (tertiary/aromatic N) is 2. The lowest BCUT2D eigenvalue weighted by Gasteiger charge is -2.18. The van der Waals surface area contributed by atoms with Crippen LogP contribution in [-0.2, 0) is 10.0 Å². The number of aromatic nitrogens is 1. The van der Waals surface area contributed by atoms with E-state index in [0.29, 0.717) is 11.5 Å². The Labute approximate surface area is 106 Å². The number of benzene rings is 1. The number of hydrogen-bond acceptors (Lipinski definition) is 4. The maximum absolute atomic E-state index is 12.3. The molecule has 2 rings (SSSR count). The van der Waals surface area contributed by atoms with Crippen LogP contribution in [0.3, 0.4) is 0 Å². The van der Waals surface area contributed by atoms with Gasteiger partial charge in [0.15, 0.2) is 0 Å². The highest BCUT2D eigenvalue weighted by Gasteiger charge is 2.21. The lowest BCUT2D eigenvalue weighted by atomic mass is 10.3. The highest BCUT2D eigenvalue weighted by Crippen LogP contribution is 2.20. The summed E-state index contributed by atoms with van der Waals surface area (Å²) in [5.74, 6) is 0.361. The third-order valence-electron chi connectivity index (χ3n) is 2.49. The lowest BCUT2D eigenvalue weighted by molar-refractivity contribution is 0.594. The standard InChI is InChI=1S/C12H13N3O2S/c1-15(12-7-2-3-8-14-12)18(16,17)11-6-4-5-10(13)9-11/h2-9H,13H2,1H3. The monoisotopic (exact) mass is 263 g/mol. The molecule has 1 aromatic heterocycles. The topological polar surface area (TPSA) is 76.3 Å². The predicted octanol–water partition coefficient (Wildman–Crippen LogP) is 1.49. The molecule has 0 aliphatic carbocycles. The fourth-order valence-corrected chi connectivity index (χ4v) is 2.70. The molecule has 1 aromatic carbocycles. The fourth-order valence-electron chi connectivity index (χ4n) is 1.50. The van der Waals surface area contributed by atoms with Crippen LogP contribution in [0, 0.1) is 0 Å². The summed E-state index contributed by atoms with van der Waals surface area (Å²) in [5, 5.41) is 0. The van der Waals surface area contributed by atoms with Crippen LogP contribution in [0.2, 0.25) is 0 Å². The molecule has 0 aliphatic heterocycles. The minimum Gasteiger partial charge on any atom is -0.399 e. The minimum atomic E-state index is -3.62. The molecule has 2 aromatic rings. The number of sulfonamides is 1. The third-order valence-corrected chi connectivity index (χ3v) is 4.25. The van der Waals surface area contributed by atoms with E-state index in [1.807, 2.05) is 0 Å². The first kappa shape index (κ1) is 12.4. The Hall–Kier alpha value is -2.08.